The molecule has 0 atom stereocenters. The molecule has 0 spiro atoms. The van der Waals surface area contributed by atoms with Crippen LogP contribution in [0.15, 0.2) is 47.6 Å². The van der Waals surface area contributed by atoms with Crippen LogP contribution in [0.2, 0.25) is 0 Å². The summed E-state index contributed by atoms with van der Waals surface area (Å²) in [5.41, 5.74) is 0. The second kappa shape index (κ2) is 9.42. The molecule has 0 N–H and O–H groups in total. The van der Waals surface area contributed by atoms with Crippen molar-refractivity contribution in [1.29, 1.82) is 0 Å². The number of hydrogen-bond acceptors (Lipinski definition) is 4. The Morgan fingerprint density at radius 2 is 1.65 bits per heavy atom. The lowest BCUT2D eigenvalue weighted by Gasteiger charge is -1.98. The third kappa shape index (κ3) is 8.04. The minimum atomic E-state index is -0.933. The van der Waals surface area contributed by atoms with Gasteiger partial charge >= 0.3 is 11.9 Å². The molecular weight excluding hydrogens is 244 g/mol. The summed E-state index contributed by atoms with van der Waals surface area (Å²) in [4.78, 5) is 30.5. The summed E-state index contributed by atoms with van der Waals surface area (Å²) in [6.07, 6.45) is 10.5. The smallest absolute Gasteiger partial charge is 0.242 e. The lowest BCUT2D eigenvalue weighted by atomic mass is 10.4. The van der Waals surface area contributed by atoms with E-state index in [9.17, 15) is 9.59 Å². The fourth-order valence-electron chi connectivity index (χ4n) is 0.640. The number of carbonyl (C=O) groups is 2. The third-order valence-corrected chi connectivity index (χ3v) is 1.65. The summed E-state index contributed by atoms with van der Waals surface area (Å²) in [5, 5.41) is -0.187. The van der Waals surface area contributed by atoms with Gasteiger partial charge in [-0.15, -0.1) is 0 Å². The monoisotopic (exact) mass is 256 g/mol. The molecule has 0 aliphatic rings. The molecule has 92 valence electrons. The van der Waals surface area contributed by atoms with Crippen LogP contribution in [0.25, 0.3) is 0 Å². The first-order chi connectivity index (χ1) is 8.11. The normalized spacial score (nSPS) is 12.5. The van der Waals surface area contributed by atoms with Crippen LogP contribution in [0.3, 0.4) is 0 Å². The Balaban J connectivity index is 4.12. The maximum atomic E-state index is 11.1. The van der Waals surface area contributed by atoms with Crippen LogP contribution in [0.5, 0.6) is 0 Å². The minimum absolute atomic E-state index is 0.187. The van der Waals surface area contributed by atoms with Gasteiger partial charge in [-0.25, -0.2) is 19.4 Å². The van der Waals surface area contributed by atoms with E-state index in [-0.39, 0.29) is 5.03 Å². The molecule has 0 aliphatic carbocycles. The van der Waals surface area contributed by atoms with Crippen molar-refractivity contribution >= 4 is 23.5 Å². The van der Waals surface area contributed by atoms with Crippen molar-refractivity contribution in [3.8, 4) is 0 Å². The molecule has 0 aromatic rings. The zero-order valence-electron chi connectivity index (χ0n) is 9.55. The van der Waals surface area contributed by atoms with Crippen molar-refractivity contribution in [2.75, 3.05) is 0 Å². The molecule has 0 saturated heterocycles. The van der Waals surface area contributed by atoms with Gasteiger partial charge in [-0.2, -0.15) is 0 Å². The van der Waals surface area contributed by atoms with Crippen LogP contribution in [0, 0.1) is 0 Å². The molecule has 0 aliphatic heterocycles. The van der Waals surface area contributed by atoms with Crippen LogP contribution in [-0.2, 0) is 19.4 Å². The van der Waals surface area contributed by atoms with Gasteiger partial charge in [0.25, 0.3) is 0 Å². The van der Waals surface area contributed by atoms with Crippen molar-refractivity contribution < 1.29 is 19.4 Å². The molecular formula is C12H13ClO4. The average molecular weight is 257 g/mol. The number of hydrogen-bond donors (Lipinski definition) is 0. The average Bonchev–Trinajstić information content (AvgIpc) is 2.33. The lowest BCUT2D eigenvalue weighted by Crippen LogP contribution is -2.09. The second-order valence-corrected chi connectivity index (χ2v) is 3.11. The summed E-state index contributed by atoms with van der Waals surface area (Å²) < 4.78 is 0. The number of allylic oxidation sites excluding steroid dienone is 6. The Kier molecular flexibility index (Phi) is 8.42. The molecule has 0 unspecified atom stereocenters. The summed E-state index contributed by atoms with van der Waals surface area (Å²) in [7, 11) is 0. The number of rotatable bonds is 4. The van der Waals surface area contributed by atoms with Crippen LogP contribution in [-0.4, -0.2) is 11.9 Å². The number of halogens is 1. The predicted octanol–water partition coefficient (Wildman–Crippen LogP) is 2.82. The van der Waals surface area contributed by atoms with Gasteiger partial charge in [0.2, 0.25) is 0 Å². The number of carbonyl (C=O) groups excluding carboxylic acids is 2. The van der Waals surface area contributed by atoms with Gasteiger partial charge in [-0.1, -0.05) is 42.0 Å². The molecule has 0 saturated carbocycles. The van der Waals surface area contributed by atoms with Gasteiger partial charge in [0.1, 0.15) is 5.03 Å². The summed E-state index contributed by atoms with van der Waals surface area (Å²) in [6.45, 7) is 3.56. The second-order valence-electron chi connectivity index (χ2n) is 2.70. The van der Waals surface area contributed by atoms with Crippen molar-refractivity contribution in [2.45, 2.75) is 13.8 Å². The molecule has 0 radical (unpaired) electrons. The van der Waals surface area contributed by atoms with E-state index in [1.54, 1.807) is 38.2 Å². The highest BCUT2D eigenvalue weighted by Crippen LogP contribution is 2.04. The highest BCUT2D eigenvalue weighted by molar-refractivity contribution is 6.41. The summed E-state index contributed by atoms with van der Waals surface area (Å²) in [5.74, 6) is -1.73. The van der Waals surface area contributed by atoms with E-state index in [1.165, 1.54) is 12.2 Å². The van der Waals surface area contributed by atoms with E-state index < -0.39 is 11.9 Å². The zero-order valence-corrected chi connectivity index (χ0v) is 10.3. The van der Waals surface area contributed by atoms with Gasteiger partial charge < -0.3 is 0 Å². The molecule has 0 fully saturated rings. The standard InChI is InChI=1S/C12H13ClO4/c1-3-5-7-9-11(14)16-17-12(15)10(13)8-6-4-2/h3-9H,1-2H3/b5-3+,6-4+,9-7+,10-8-. The lowest BCUT2D eigenvalue weighted by molar-refractivity contribution is -0.250. The van der Waals surface area contributed by atoms with Crippen LogP contribution >= 0.6 is 11.6 Å². The minimum Gasteiger partial charge on any atom is -0.242 e. The maximum Gasteiger partial charge on any atom is 0.397 e. The topological polar surface area (TPSA) is 52.6 Å². The molecule has 5 heteroatoms. The Morgan fingerprint density at radius 1 is 1.00 bits per heavy atom. The molecule has 17 heavy (non-hydrogen) atoms. The molecule has 0 heterocycles. The molecule has 0 rings (SSSR count). The third-order valence-electron chi connectivity index (χ3n) is 1.37. The van der Waals surface area contributed by atoms with Crippen LogP contribution in [0.1, 0.15) is 13.8 Å². The van der Waals surface area contributed by atoms with Crippen LogP contribution in [0.4, 0.5) is 0 Å². The Bertz CT molecular complexity index is 378. The molecule has 0 aromatic carbocycles. The van der Waals surface area contributed by atoms with Gasteiger partial charge in [-0.05, 0) is 19.9 Å². The van der Waals surface area contributed by atoms with E-state index in [1.807, 2.05) is 0 Å². The van der Waals surface area contributed by atoms with E-state index >= 15 is 0 Å². The van der Waals surface area contributed by atoms with E-state index in [4.69, 9.17) is 11.6 Å². The van der Waals surface area contributed by atoms with E-state index in [0.29, 0.717) is 0 Å². The first kappa shape index (κ1) is 15.2. The molecule has 0 bridgehead atoms. The van der Waals surface area contributed by atoms with Crippen molar-refractivity contribution in [2.24, 2.45) is 0 Å². The Hall–Kier alpha value is -1.81. The Morgan fingerprint density at radius 3 is 2.24 bits per heavy atom. The van der Waals surface area contributed by atoms with Gasteiger partial charge in [-0.3, -0.25) is 0 Å². The molecule has 4 nitrogen and oxygen atoms in total. The first-order valence-electron chi connectivity index (χ1n) is 4.82. The fraction of sp³-hybridized carbons (Fsp3) is 0.167. The van der Waals surface area contributed by atoms with Crippen molar-refractivity contribution in [3.63, 3.8) is 0 Å². The Labute approximate surface area is 105 Å². The van der Waals surface area contributed by atoms with Crippen molar-refractivity contribution in [3.05, 3.63) is 47.6 Å². The van der Waals surface area contributed by atoms with Gasteiger partial charge in [0, 0.05) is 6.08 Å². The zero-order chi connectivity index (χ0) is 13.1. The van der Waals surface area contributed by atoms with Crippen molar-refractivity contribution in [1.82, 2.24) is 0 Å². The van der Waals surface area contributed by atoms with Gasteiger partial charge in [0.05, 0.1) is 0 Å². The summed E-state index contributed by atoms with van der Waals surface area (Å²) in [6, 6.07) is 0. The maximum absolute atomic E-state index is 11.1. The largest absolute Gasteiger partial charge is 0.397 e. The highest BCUT2D eigenvalue weighted by atomic mass is 35.5. The SMILES string of the molecule is C/C=C/C=C(\Cl)C(=O)OOC(=O)/C=C/C=C/C. The highest BCUT2D eigenvalue weighted by Gasteiger charge is 2.10. The quantitative estimate of drug-likeness (QED) is 0.336. The summed E-state index contributed by atoms with van der Waals surface area (Å²) >= 11 is 5.54. The first-order valence-corrected chi connectivity index (χ1v) is 5.20. The van der Waals surface area contributed by atoms with Gasteiger partial charge in [0.15, 0.2) is 0 Å². The molecule has 0 amide bonds. The van der Waals surface area contributed by atoms with E-state index in [0.717, 1.165) is 6.08 Å². The predicted molar refractivity (Wildman–Crippen MR) is 64.9 cm³/mol. The fourth-order valence-corrected chi connectivity index (χ4v) is 0.745. The molecule has 0 aromatic heterocycles. The van der Waals surface area contributed by atoms with E-state index in [2.05, 4.69) is 9.78 Å². The van der Waals surface area contributed by atoms with Crippen LogP contribution < -0.4 is 0 Å².